The number of nitrogens with one attached hydrogen (secondary N) is 1. The summed E-state index contributed by atoms with van der Waals surface area (Å²) >= 11 is 0. The maximum Gasteiger partial charge on any atom is 0.274 e. The normalized spacial score (nSPS) is 10.2. The van der Waals surface area contributed by atoms with Gasteiger partial charge in [-0.1, -0.05) is 0 Å². The molecule has 1 aromatic rings. The Morgan fingerprint density at radius 3 is 2.47 bits per heavy atom. The van der Waals surface area contributed by atoms with Gasteiger partial charge >= 0.3 is 0 Å². The minimum Gasteiger partial charge on any atom is -0.372 e. The second-order valence-corrected chi connectivity index (χ2v) is 3.55. The highest BCUT2D eigenvalue weighted by Crippen LogP contribution is 2.04. The Kier molecular flexibility index (Phi) is 3.60. The number of hydrogen-bond acceptors (Lipinski definition) is 4. The molecule has 15 heavy (non-hydrogen) atoms. The first-order valence-corrected chi connectivity index (χ1v) is 4.83. The van der Waals surface area contributed by atoms with E-state index in [1.54, 1.807) is 25.2 Å². The summed E-state index contributed by atoms with van der Waals surface area (Å²) in [4.78, 5) is 21.5. The predicted molar refractivity (Wildman–Crippen MR) is 58.8 cm³/mol. The quantitative estimate of drug-likeness (QED) is 0.805. The molecule has 1 amide bonds. The minimum atomic E-state index is -0.111. The Balaban J connectivity index is 2.83. The molecule has 0 aliphatic carbocycles. The van der Waals surface area contributed by atoms with E-state index in [4.69, 9.17) is 0 Å². The lowest BCUT2D eigenvalue weighted by Crippen LogP contribution is -2.33. The number of aromatic nitrogens is 2. The first-order valence-electron chi connectivity index (χ1n) is 4.83. The standard InChI is InChI=1S/C10H16N4O/c1-7(2)14(4)10(15)8-5-13-9(11-3)6-12-8/h5-7H,1-4H3,(H,11,13). The van der Waals surface area contributed by atoms with E-state index in [2.05, 4.69) is 15.3 Å². The summed E-state index contributed by atoms with van der Waals surface area (Å²) in [5, 5.41) is 2.85. The highest BCUT2D eigenvalue weighted by atomic mass is 16.2. The zero-order valence-electron chi connectivity index (χ0n) is 9.48. The molecule has 5 nitrogen and oxygen atoms in total. The Bertz CT molecular complexity index is 334. The minimum absolute atomic E-state index is 0.111. The summed E-state index contributed by atoms with van der Waals surface area (Å²) in [6.45, 7) is 3.90. The van der Waals surface area contributed by atoms with Crippen LogP contribution in [0.5, 0.6) is 0 Å². The average molecular weight is 208 g/mol. The molecule has 0 aliphatic rings. The van der Waals surface area contributed by atoms with E-state index in [1.807, 2.05) is 13.8 Å². The van der Waals surface area contributed by atoms with E-state index in [0.29, 0.717) is 11.5 Å². The van der Waals surface area contributed by atoms with Crippen LogP contribution in [-0.2, 0) is 0 Å². The van der Waals surface area contributed by atoms with Crippen LogP contribution in [0.4, 0.5) is 5.82 Å². The third-order valence-corrected chi connectivity index (χ3v) is 2.22. The third-order valence-electron chi connectivity index (χ3n) is 2.22. The molecule has 1 aromatic heterocycles. The Morgan fingerprint density at radius 2 is 2.07 bits per heavy atom. The SMILES string of the molecule is CNc1cnc(C(=O)N(C)C(C)C)cn1. The van der Waals surface area contributed by atoms with Gasteiger partial charge in [-0.05, 0) is 13.8 Å². The lowest BCUT2D eigenvalue weighted by atomic mass is 10.3. The van der Waals surface area contributed by atoms with Crippen molar-refractivity contribution in [2.75, 3.05) is 19.4 Å². The summed E-state index contributed by atoms with van der Waals surface area (Å²) in [6.07, 6.45) is 3.02. The van der Waals surface area contributed by atoms with Crippen molar-refractivity contribution < 1.29 is 4.79 Å². The molecule has 0 saturated heterocycles. The average Bonchev–Trinajstić information content (AvgIpc) is 2.27. The van der Waals surface area contributed by atoms with Gasteiger partial charge < -0.3 is 10.2 Å². The van der Waals surface area contributed by atoms with Crippen molar-refractivity contribution in [3.05, 3.63) is 18.1 Å². The van der Waals surface area contributed by atoms with Gasteiger partial charge in [-0.25, -0.2) is 9.97 Å². The number of nitrogens with zero attached hydrogens (tertiary/aromatic N) is 3. The first kappa shape index (κ1) is 11.4. The van der Waals surface area contributed by atoms with E-state index in [1.165, 1.54) is 6.20 Å². The summed E-state index contributed by atoms with van der Waals surface area (Å²) in [7, 11) is 3.51. The van der Waals surface area contributed by atoms with Crippen LogP contribution in [0.2, 0.25) is 0 Å². The van der Waals surface area contributed by atoms with Crippen LogP contribution >= 0.6 is 0 Å². The molecule has 5 heteroatoms. The monoisotopic (exact) mass is 208 g/mol. The van der Waals surface area contributed by atoms with Crippen molar-refractivity contribution in [1.29, 1.82) is 0 Å². The Hall–Kier alpha value is -1.65. The van der Waals surface area contributed by atoms with Crippen LogP contribution in [0.1, 0.15) is 24.3 Å². The predicted octanol–water partition coefficient (Wildman–Crippen LogP) is 0.999. The van der Waals surface area contributed by atoms with Crippen molar-refractivity contribution >= 4 is 11.7 Å². The molecule has 1 N–H and O–H groups in total. The van der Waals surface area contributed by atoms with Crippen LogP contribution in [0, 0.1) is 0 Å². The molecule has 0 aliphatic heterocycles. The highest BCUT2D eigenvalue weighted by molar-refractivity contribution is 5.92. The summed E-state index contributed by atoms with van der Waals surface area (Å²) < 4.78 is 0. The number of carbonyl (C=O) groups excluding carboxylic acids is 1. The van der Waals surface area contributed by atoms with E-state index in [-0.39, 0.29) is 11.9 Å². The Morgan fingerprint density at radius 1 is 1.40 bits per heavy atom. The fraction of sp³-hybridized carbons (Fsp3) is 0.500. The lowest BCUT2D eigenvalue weighted by molar-refractivity contribution is 0.0748. The van der Waals surface area contributed by atoms with E-state index in [0.717, 1.165) is 0 Å². The van der Waals surface area contributed by atoms with Gasteiger partial charge in [-0.2, -0.15) is 0 Å². The first-order chi connectivity index (χ1) is 7.06. The fourth-order valence-corrected chi connectivity index (χ4v) is 0.983. The van der Waals surface area contributed by atoms with Gasteiger partial charge in [-0.3, -0.25) is 4.79 Å². The van der Waals surface area contributed by atoms with Crippen LogP contribution in [0.3, 0.4) is 0 Å². The van der Waals surface area contributed by atoms with E-state index < -0.39 is 0 Å². The van der Waals surface area contributed by atoms with Crippen LogP contribution in [0.25, 0.3) is 0 Å². The van der Waals surface area contributed by atoms with Crippen molar-refractivity contribution in [2.24, 2.45) is 0 Å². The molecule has 82 valence electrons. The van der Waals surface area contributed by atoms with Crippen molar-refractivity contribution in [3.8, 4) is 0 Å². The summed E-state index contributed by atoms with van der Waals surface area (Å²) in [6, 6.07) is 0.156. The second-order valence-electron chi connectivity index (χ2n) is 3.55. The maximum atomic E-state index is 11.8. The molecule has 0 bridgehead atoms. The van der Waals surface area contributed by atoms with Crippen molar-refractivity contribution in [1.82, 2.24) is 14.9 Å². The number of hydrogen-bond donors (Lipinski definition) is 1. The van der Waals surface area contributed by atoms with E-state index in [9.17, 15) is 4.79 Å². The van der Waals surface area contributed by atoms with Gasteiger partial charge in [0.25, 0.3) is 5.91 Å². The molecular formula is C10H16N4O. The fourth-order valence-electron chi connectivity index (χ4n) is 0.983. The molecule has 0 radical (unpaired) electrons. The molecule has 0 fully saturated rings. The van der Waals surface area contributed by atoms with Crippen LogP contribution < -0.4 is 5.32 Å². The van der Waals surface area contributed by atoms with Crippen molar-refractivity contribution in [3.63, 3.8) is 0 Å². The molecule has 0 atom stereocenters. The van der Waals surface area contributed by atoms with Gasteiger partial charge in [0.15, 0.2) is 0 Å². The molecule has 1 rings (SSSR count). The third kappa shape index (κ3) is 2.65. The van der Waals surface area contributed by atoms with Gasteiger partial charge in [0.1, 0.15) is 11.5 Å². The van der Waals surface area contributed by atoms with Gasteiger partial charge in [-0.15, -0.1) is 0 Å². The molecule has 0 saturated carbocycles. The highest BCUT2D eigenvalue weighted by Gasteiger charge is 2.15. The zero-order chi connectivity index (χ0) is 11.4. The lowest BCUT2D eigenvalue weighted by Gasteiger charge is -2.20. The summed E-state index contributed by atoms with van der Waals surface area (Å²) in [5.74, 6) is 0.541. The van der Waals surface area contributed by atoms with Crippen molar-refractivity contribution in [2.45, 2.75) is 19.9 Å². The second kappa shape index (κ2) is 4.72. The number of carbonyl (C=O) groups is 1. The van der Waals surface area contributed by atoms with Gasteiger partial charge in [0.2, 0.25) is 0 Å². The van der Waals surface area contributed by atoms with Gasteiger partial charge in [0.05, 0.1) is 12.4 Å². The van der Waals surface area contributed by atoms with Gasteiger partial charge in [0, 0.05) is 20.1 Å². The van der Waals surface area contributed by atoms with Crippen LogP contribution in [-0.4, -0.2) is 40.9 Å². The van der Waals surface area contributed by atoms with E-state index >= 15 is 0 Å². The molecule has 0 spiro atoms. The number of amides is 1. The molecule has 1 heterocycles. The maximum absolute atomic E-state index is 11.8. The smallest absolute Gasteiger partial charge is 0.274 e. The number of rotatable bonds is 3. The summed E-state index contributed by atoms with van der Waals surface area (Å²) in [5.41, 5.74) is 0.366. The number of anilines is 1. The topological polar surface area (TPSA) is 58.1 Å². The Labute approximate surface area is 89.5 Å². The zero-order valence-corrected chi connectivity index (χ0v) is 9.48. The van der Waals surface area contributed by atoms with Crippen LogP contribution in [0.15, 0.2) is 12.4 Å². The molecular weight excluding hydrogens is 192 g/mol. The largest absolute Gasteiger partial charge is 0.372 e. The molecule has 0 aromatic carbocycles. The molecule has 0 unspecified atom stereocenters.